The molecule has 0 bridgehead atoms. The molecule has 0 spiro atoms. The Hall–Kier alpha value is -1.32. The molecule has 0 aliphatic carbocycles. The van der Waals surface area contributed by atoms with Crippen LogP contribution in [0.25, 0.3) is 6.08 Å². The summed E-state index contributed by atoms with van der Waals surface area (Å²) in [6.45, 7) is 3.61. The summed E-state index contributed by atoms with van der Waals surface area (Å²) < 4.78 is 0. The lowest BCUT2D eigenvalue weighted by Gasteiger charge is -2.34. The average molecular weight is 293 g/mol. The number of piperidine rings is 1. The molecule has 0 radical (unpaired) electrons. The predicted molar refractivity (Wildman–Crippen MR) is 83.4 cm³/mol. The van der Waals surface area contributed by atoms with E-state index in [4.69, 9.17) is 17.3 Å². The summed E-state index contributed by atoms with van der Waals surface area (Å²) in [6, 6.07) is 7.57. The van der Waals surface area contributed by atoms with Gasteiger partial charge in [0.05, 0.1) is 0 Å². The van der Waals surface area contributed by atoms with Crippen LogP contribution in [0.15, 0.2) is 30.3 Å². The van der Waals surface area contributed by atoms with E-state index < -0.39 is 0 Å². The summed E-state index contributed by atoms with van der Waals surface area (Å²) in [7, 11) is 0. The molecule has 1 saturated heterocycles. The van der Waals surface area contributed by atoms with Crippen molar-refractivity contribution in [2.24, 2.45) is 11.7 Å². The lowest BCUT2D eigenvalue weighted by Crippen LogP contribution is -2.44. The highest BCUT2D eigenvalue weighted by Crippen LogP contribution is 2.19. The number of rotatable bonds is 3. The summed E-state index contributed by atoms with van der Waals surface area (Å²) in [4.78, 5) is 14.1. The Morgan fingerprint density at radius 2 is 2.15 bits per heavy atom. The molecule has 4 heteroatoms. The summed E-state index contributed by atoms with van der Waals surface area (Å²) in [5, 5.41) is 0.698. The Labute approximate surface area is 125 Å². The van der Waals surface area contributed by atoms with E-state index in [1.54, 1.807) is 6.08 Å². The van der Waals surface area contributed by atoms with Crippen LogP contribution in [0.5, 0.6) is 0 Å². The van der Waals surface area contributed by atoms with Crippen LogP contribution in [-0.4, -0.2) is 29.9 Å². The van der Waals surface area contributed by atoms with Crippen LogP contribution in [0.2, 0.25) is 5.02 Å². The summed E-state index contributed by atoms with van der Waals surface area (Å²) in [6.07, 6.45) is 5.61. The maximum Gasteiger partial charge on any atom is 0.246 e. The molecule has 2 unspecified atom stereocenters. The third-order valence-corrected chi connectivity index (χ3v) is 4.05. The van der Waals surface area contributed by atoms with Crippen LogP contribution in [-0.2, 0) is 4.79 Å². The molecule has 2 rings (SSSR count). The van der Waals surface area contributed by atoms with Crippen molar-refractivity contribution in [3.05, 3.63) is 40.9 Å². The van der Waals surface area contributed by atoms with Gasteiger partial charge >= 0.3 is 0 Å². The van der Waals surface area contributed by atoms with E-state index in [1.165, 1.54) is 0 Å². The number of likely N-dealkylation sites (tertiary alicyclic amines) is 1. The summed E-state index contributed by atoms with van der Waals surface area (Å²) in [5.41, 5.74) is 6.92. The normalized spacial score (nSPS) is 21.1. The van der Waals surface area contributed by atoms with Gasteiger partial charge in [0.15, 0.2) is 0 Å². The zero-order valence-corrected chi connectivity index (χ0v) is 12.5. The molecule has 1 heterocycles. The van der Waals surface area contributed by atoms with Gasteiger partial charge in [0.1, 0.15) is 0 Å². The number of hydrogen-bond donors (Lipinski definition) is 1. The van der Waals surface area contributed by atoms with Crippen LogP contribution >= 0.6 is 11.6 Å². The zero-order valence-electron chi connectivity index (χ0n) is 11.8. The Morgan fingerprint density at radius 1 is 1.45 bits per heavy atom. The Morgan fingerprint density at radius 3 is 2.80 bits per heavy atom. The predicted octanol–water partition coefficient (Wildman–Crippen LogP) is 2.94. The molecule has 108 valence electrons. The van der Waals surface area contributed by atoms with E-state index in [-0.39, 0.29) is 11.9 Å². The molecule has 1 amide bonds. The van der Waals surface area contributed by atoms with Crippen molar-refractivity contribution < 1.29 is 4.79 Å². The van der Waals surface area contributed by atoms with Crippen LogP contribution in [0.4, 0.5) is 0 Å². The van der Waals surface area contributed by atoms with Crippen molar-refractivity contribution in [2.75, 3.05) is 13.1 Å². The number of benzene rings is 1. The van der Waals surface area contributed by atoms with E-state index >= 15 is 0 Å². The van der Waals surface area contributed by atoms with Gasteiger partial charge in [-0.15, -0.1) is 0 Å². The van der Waals surface area contributed by atoms with Crippen molar-refractivity contribution in [3.8, 4) is 0 Å². The van der Waals surface area contributed by atoms with Gasteiger partial charge in [-0.25, -0.2) is 0 Å². The second kappa shape index (κ2) is 6.91. The highest BCUT2D eigenvalue weighted by Gasteiger charge is 2.24. The fraction of sp³-hybridized carbons (Fsp3) is 0.438. The van der Waals surface area contributed by atoms with Crippen molar-refractivity contribution in [2.45, 2.75) is 25.8 Å². The molecular weight excluding hydrogens is 272 g/mol. The highest BCUT2D eigenvalue weighted by atomic mass is 35.5. The second-order valence-electron chi connectivity index (χ2n) is 5.43. The molecule has 20 heavy (non-hydrogen) atoms. The first-order chi connectivity index (χ1) is 9.56. The van der Waals surface area contributed by atoms with Crippen LogP contribution in [0, 0.1) is 5.92 Å². The molecule has 1 aliphatic rings. The van der Waals surface area contributed by atoms with Crippen LogP contribution < -0.4 is 5.73 Å². The van der Waals surface area contributed by atoms with Crippen molar-refractivity contribution >= 4 is 23.6 Å². The van der Waals surface area contributed by atoms with Gasteiger partial charge in [0.25, 0.3) is 0 Å². The van der Waals surface area contributed by atoms with E-state index in [0.29, 0.717) is 10.9 Å². The second-order valence-corrected chi connectivity index (χ2v) is 5.87. The molecule has 0 aromatic heterocycles. The molecule has 1 aromatic rings. The molecule has 1 fully saturated rings. The lowest BCUT2D eigenvalue weighted by molar-refractivity contribution is -0.127. The Kier molecular flexibility index (Phi) is 5.21. The van der Waals surface area contributed by atoms with Gasteiger partial charge in [-0.3, -0.25) is 4.79 Å². The maximum atomic E-state index is 12.2. The van der Waals surface area contributed by atoms with Crippen LogP contribution in [0.1, 0.15) is 25.3 Å². The quantitative estimate of drug-likeness (QED) is 0.871. The Bertz CT molecular complexity index is 482. The number of nitrogens with zero attached hydrogens (tertiary/aromatic N) is 1. The van der Waals surface area contributed by atoms with Gasteiger partial charge < -0.3 is 10.6 Å². The largest absolute Gasteiger partial charge is 0.339 e. The fourth-order valence-electron chi connectivity index (χ4n) is 2.49. The van der Waals surface area contributed by atoms with Crippen molar-refractivity contribution in [3.63, 3.8) is 0 Å². The average Bonchev–Trinajstić information content (AvgIpc) is 2.46. The first kappa shape index (κ1) is 15.1. The monoisotopic (exact) mass is 292 g/mol. The van der Waals surface area contributed by atoms with Crippen molar-refractivity contribution in [1.29, 1.82) is 0 Å². The first-order valence-electron chi connectivity index (χ1n) is 7.04. The minimum atomic E-state index is 0.0605. The van der Waals surface area contributed by atoms with E-state index in [0.717, 1.165) is 31.5 Å². The molecule has 2 N–H and O–H groups in total. The van der Waals surface area contributed by atoms with E-state index in [9.17, 15) is 4.79 Å². The maximum absolute atomic E-state index is 12.2. The molecule has 3 nitrogen and oxygen atoms in total. The molecule has 1 aliphatic heterocycles. The number of halogens is 1. The van der Waals surface area contributed by atoms with Crippen molar-refractivity contribution in [1.82, 2.24) is 4.90 Å². The Balaban J connectivity index is 1.95. The van der Waals surface area contributed by atoms with Gasteiger partial charge in [0.2, 0.25) is 5.91 Å². The number of nitrogens with two attached hydrogens (primary N) is 1. The topological polar surface area (TPSA) is 46.3 Å². The van der Waals surface area contributed by atoms with Gasteiger partial charge in [0, 0.05) is 30.2 Å². The number of carbonyl (C=O) groups excluding carboxylic acids is 1. The third-order valence-electron chi connectivity index (χ3n) is 3.80. The number of carbonyl (C=O) groups is 1. The minimum Gasteiger partial charge on any atom is -0.339 e. The van der Waals surface area contributed by atoms with Gasteiger partial charge in [-0.2, -0.15) is 0 Å². The lowest BCUT2D eigenvalue weighted by atomic mass is 9.92. The third kappa shape index (κ3) is 4.09. The molecule has 2 atom stereocenters. The van der Waals surface area contributed by atoms with Crippen LogP contribution in [0.3, 0.4) is 0 Å². The highest BCUT2D eigenvalue weighted by molar-refractivity contribution is 6.30. The van der Waals surface area contributed by atoms with E-state index in [2.05, 4.69) is 0 Å². The van der Waals surface area contributed by atoms with Gasteiger partial charge in [-0.1, -0.05) is 23.7 Å². The van der Waals surface area contributed by atoms with Gasteiger partial charge in [-0.05, 0) is 49.5 Å². The number of amides is 1. The fourth-order valence-corrected chi connectivity index (χ4v) is 2.61. The standard InChI is InChI=1S/C16H21ClN2O/c1-12(18)14-3-2-10-19(11-14)16(20)9-6-13-4-7-15(17)8-5-13/h4-9,12,14H,2-3,10-11,18H2,1H3. The number of hydrogen-bond acceptors (Lipinski definition) is 2. The SMILES string of the molecule is CC(N)C1CCCN(C(=O)C=Cc2ccc(Cl)cc2)C1. The molecular formula is C16H21ClN2O. The molecule has 0 saturated carbocycles. The molecule has 1 aromatic carbocycles. The smallest absolute Gasteiger partial charge is 0.246 e. The minimum absolute atomic E-state index is 0.0605. The summed E-state index contributed by atoms with van der Waals surface area (Å²) in [5.74, 6) is 0.474. The summed E-state index contributed by atoms with van der Waals surface area (Å²) >= 11 is 5.83. The first-order valence-corrected chi connectivity index (χ1v) is 7.42. The zero-order chi connectivity index (χ0) is 14.5. The van der Waals surface area contributed by atoms with E-state index in [1.807, 2.05) is 42.2 Å².